The quantitative estimate of drug-likeness (QED) is 0.681. The maximum atomic E-state index is 12.8. The van der Waals surface area contributed by atoms with E-state index in [1.165, 1.54) is 12.1 Å². The highest BCUT2D eigenvalue weighted by atomic mass is 16.6. The number of hydrogen-bond acceptors (Lipinski definition) is 4. The van der Waals surface area contributed by atoms with Crippen molar-refractivity contribution in [2.75, 3.05) is 19.8 Å². The molecule has 0 saturated carbocycles. The van der Waals surface area contributed by atoms with E-state index in [4.69, 9.17) is 4.74 Å². The number of nitrogens with zero attached hydrogens (tertiary/aromatic N) is 2. The molecule has 1 aliphatic rings. The average Bonchev–Trinajstić information content (AvgIpc) is 2.89. The molecule has 2 aromatic rings. The van der Waals surface area contributed by atoms with Gasteiger partial charge in [-0.25, -0.2) is 0 Å². The van der Waals surface area contributed by atoms with E-state index < -0.39 is 4.92 Å². The largest absolute Gasteiger partial charge is 0.377 e. The molecule has 1 aliphatic heterocycles. The van der Waals surface area contributed by atoms with Crippen molar-refractivity contribution in [3.05, 3.63) is 40.1 Å². The van der Waals surface area contributed by atoms with Gasteiger partial charge in [-0.3, -0.25) is 14.9 Å². The maximum Gasteiger partial charge on any atom is 0.271 e. The summed E-state index contributed by atoms with van der Waals surface area (Å²) in [6.45, 7) is 5.47. The molecule has 7 nitrogen and oxygen atoms in total. The van der Waals surface area contributed by atoms with Crippen molar-refractivity contribution in [2.45, 2.75) is 19.4 Å². The SMILES string of the molecule is CC1(C)COCCN1C(=O)c1c[nH]c2cc([N+](=O)[O-])ccc12. The summed E-state index contributed by atoms with van der Waals surface area (Å²) in [6.07, 6.45) is 1.61. The van der Waals surface area contributed by atoms with Gasteiger partial charge in [0.2, 0.25) is 0 Å². The van der Waals surface area contributed by atoms with Crippen molar-refractivity contribution in [2.24, 2.45) is 0 Å². The summed E-state index contributed by atoms with van der Waals surface area (Å²) >= 11 is 0. The Bertz CT molecular complexity index is 750. The molecule has 2 heterocycles. The van der Waals surface area contributed by atoms with E-state index in [0.29, 0.717) is 36.2 Å². The molecule has 1 aromatic heterocycles. The fourth-order valence-electron chi connectivity index (χ4n) is 2.78. The highest BCUT2D eigenvalue weighted by Gasteiger charge is 2.35. The number of nitro groups is 1. The number of H-pyrrole nitrogens is 1. The van der Waals surface area contributed by atoms with Crippen LogP contribution in [0.1, 0.15) is 24.2 Å². The lowest BCUT2D eigenvalue weighted by Crippen LogP contribution is -2.55. The Kier molecular flexibility index (Phi) is 3.37. The fourth-order valence-corrected chi connectivity index (χ4v) is 2.78. The molecule has 0 spiro atoms. The second-order valence-corrected chi connectivity index (χ2v) is 6.01. The van der Waals surface area contributed by atoms with Gasteiger partial charge >= 0.3 is 0 Å². The first-order chi connectivity index (χ1) is 10.4. The summed E-state index contributed by atoms with van der Waals surface area (Å²) in [7, 11) is 0. The van der Waals surface area contributed by atoms with Gasteiger partial charge in [-0.05, 0) is 19.9 Å². The van der Waals surface area contributed by atoms with Crippen molar-refractivity contribution in [1.29, 1.82) is 0 Å². The molecule has 1 amide bonds. The number of rotatable bonds is 2. The van der Waals surface area contributed by atoms with Crippen LogP contribution in [-0.2, 0) is 4.74 Å². The topological polar surface area (TPSA) is 88.5 Å². The summed E-state index contributed by atoms with van der Waals surface area (Å²) < 4.78 is 5.44. The molecule has 1 N–H and O–H groups in total. The van der Waals surface area contributed by atoms with E-state index in [-0.39, 0.29) is 17.1 Å². The minimum absolute atomic E-state index is 0.0000475. The third kappa shape index (κ3) is 2.33. The number of nitrogens with one attached hydrogen (secondary N) is 1. The van der Waals surface area contributed by atoms with Crippen LogP contribution in [0.5, 0.6) is 0 Å². The van der Waals surface area contributed by atoms with Gasteiger partial charge in [0.05, 0.1) is 34.8 Å². The lowest BCUT2D eigenvalue weighted by atomic mass is 10.0. The van der Waals surface area contributed by atoms with Gasteiger partial charge in [0.15, 0.2) is 0 Å². The van der Waals surface area contributed by atoms with Crippen LogP contribution in [0.3, 0.4) is 0 Å². The third-order valence-corrected chi connectivity index (χ3v) is 4.00. The molecule has 1 fully saturated rings. The van der Waals surface area contributed by atoms with Crippen LogP contribution < -0.4 is 0 Å². The highest BCUT2D eigenvalue weighted by molar-refractivity contribution is 6.07. The number of benzene rings is 1. The number of ether oxygens (including phenoxy) is 1. The van der Waals surface area contributed by atoms with Gasteiger partial charge in [0.1, 0.15) is 0 Å². The first-order valence-electron chi connectivity index (χ1n) is 7.05. The van der Waals surface area contributed by atoms with Crippen LogP contribution in [0.25, 0.3) is 10.9 Å². The van der Waals surface area contributed by atoms with Crippen molar-refractivity contribution in [3.8, 4) is 0 Å². The Morgan fingerprint density at radius 1 is 1.45 bits per heavy atom. The van der Waals surface area contributed by atoms with Gasteiger partial charge < -0.3 is 14.6 Å². The molecule has 7 heteroatoms. The van der Waals surface area contributed by atoms with E-state index in [2.05, 4.69) is 4.98 Å². The normalized spacial score (nSPS) is 17.6. The Labute approximate surface area is 127 Å². The third-order valence-electron chi connectivity index (χ3n) is 4.00. The number of amides is 1. The van der Waals surface area contributed by atoms with Gasteiger partial charge in [0.25, 0.3) is 11.6 Å². The van der Waals surface area contributed by atoms with E-state index >= 15 is 0 Å². The van der Waals surface area contributed by atoms with Gasteiger partial charge in [0, 0.05) is 30.3 Å². The van der Waals surface area contributed by atoms with Crippen LogP contribution >= 0.6 is 0 Å². The van der Waals surface area contributed by atoms with Crippen molar-refractivity contribution in [3.63, 3.8) is 0 Å². The lowest BCUT2D eigenvalue weighted by molar-refractivity contribution is -0.384. The van der Waals surface area contributed by atoms with Gasteiger partial charge in [-0.15, -0.1) is 0 Å². The number of aromatic amines is 1. The second-order valence-electron chi connectivity index (χ2n) is 6.01. The number of carbonyl (C=O) groups excluding carboxylic acids is 1. The zero-order chi connectivity index (χ0) is 15.9. The molecule has 0 atom stereocenters. The fraction of sp³-hybridized carbons (Fsp3) is 0.400. The van der Waals surface area contributed by atoms with E-state index in [1.807, 2.05) is 13.8 Å². The predicted molar refractivity (Wildman–Crippen MR) is 80.9 cm³/mol. The Morgan fingerprint density at radius 3 is 2.91 bits per heavy atom. The number of carbonyl (C=O) groups is 1. The number of fused-ring (bicyclic) bond motifs is 1. The maximum absolute atomic E-state index is 12.8. The van der Waals surface area contributed by atoms with Crippen LogP contribution in [0.2, 0.25) is 0 Å². The molecule has 1 saturated heterocycles. The Balaban J connectivity index is 1.99. The number of non-ortho nitro benzene ring substituents is 1. The van der Waals surface area contributed by atoms with Crippen LogP contribution in [0.15, 0.2) is 24.4 Å². The number of nitro benzene ring substituents is 1. The zero-order valence-corrected chi connectivity index (χ0v) is 12.5. The summed E-state index contributed by atoms with van der Waals surface area (Å²) in [5.41, 5.74) is 0.739. The van der Waals surface area contributed by atoms with E-state index in [0.717, 1.165) is 0 Å². The first kappa shape index (κ1) is 14.5. The molecule has 0 bridgehead atoms. The molecule has 0 unspecified atom stereocenters. The van der Waals surface area contributed by atoms with Crippen LogP contribution in [-0.4, -0.2) is 46.0 Å². The smallest absolute Gasteiger partial charge is 0.271 e. The lowest BCUT2D eigenvalue weighted by Gasteiger charge is -2.42. The monoisotopic (exact) mass is 303 g/mol. The van der Waals surface area contributed by atoms with Crippen molar-refractivity contribution < 1.29 is 14.5 Å². The second kappa shape index (κ2) is 5.10. The number of morpholine rings is 1. The van der Waals surface area contributed by atoms with E-state index in [9.17, 15) is 14.9 Å². The summed E-state index contributed by atoms with van der Waals surface area (Å²) in [6, 6.07) is 4.47. The highest BCUT2D eigenvalue weighted by Crippen LogP contribution is 2.27. The minimum atomic E-state index is -0.452. The number of hydrogen-bond donors (Lipinski definition) is 1. The van der Waals surface area contributed by atoms with Crippen molar-refractivity contribution >= 4 is 22.5 Å². The molecule has 0 aliphatic carbocycles. The Hall–Kier alpha value is -2.41. The molecule has 1 aromatic carbocycles. The molecule has 3 rings (SSSR count). The van der Waals surface area contributed by atoms with Crippen molar-refractivity contribution in [1.82, 2.24) is 9.88 Å². The van der Waals surface area contributed by atoms with Gasteiger partial charge in [-0.2, -0.15) is 0 Å². The zero-order valence-electron chi connectivity index (χ0n) is 12.5. The molecular weight excluding hydrogens is 286 g/mol. The standard InChI is InChI=1S/C15H17N3O4/c1-15(2)9-22-6-5-17(15)14(19)12-8-16-13-7-10(18(20)21)3-4-11(12)13/h3-4,7-8,16H,5-6,9H2,1-2H3. The van der Waals surface area contributed by atoms with Crippen LogP contribution in [0.4, 0.5) is 5.69 Å². The molecule has 0 radical (unpaired) electrons. The predicted octanol–water partition coefficient (Wildman–Crippen LogP) is 2.33. The first-order valence-corrected chi connectivity index (χ1v) is 7.05. The molecule has 22 heavy (non-hydrogen) atoms. The summed E-state index contributed by atoms with van der Waals surface area (Å²) in [5.74, 6) is -0.0894. The Morgan fingerprint density at radius 2 is 2.23 bits per heavy atom. The molecular formula is C15H17N3O4. The minimum Gasteiger partial charge on any atom is -0.377 e. The van der Waals surface area contributed by atoms with E-state index in [1.54, 1.807) is 17.2 Å². The summed E-state index contributed by atoms with van der Waals surface area (Å²) in [4.78, 5) is 27.9. The average molecular weight is 303 g/mol. The van der Waals surface area contributed by atoms with Crippen LogP contribution in [0, 0.1) is 10.1 Å². The summed E-state index contributed by atoms with van der Waals surface area (Å²) in [5, 5.41) is 11.5. The molecule has 116 valence electrons. The van der Waals surface area contributed by atoms with Gasteiger partial charge in [-0.1, -0.05) is 0 Å². The number of aromatic nitrogens is 1.